The number of amides is 1. The zero-order valence-electron chi connectivity index (χ0n) is 13.8. The Kier molecular flexibility index (Phi) is 6.10. The Balaban J connectivity index is 2.15. The van der Waals surface area contributed by atoms with E-state index in [1.165, 1.54) is 11.0 Å². The first kappa shape index (κ1) is 18.4. The molecule has 25 heavy (non-hydrogen) atoms. The summed E-state index contributed by atoms with van der Waals surface area (Å²) in [6.07, 6.45) is -0.254. The molecule has 0 aromatic heterocycles. The fourth-order valence-corrected chi connectivity index (χ4v) is 2.42. The second-order valence-corrected chi connectivity index (χ2v) is 5.39. The van der Waals surface area contributed by atoms with Crippen molar-refractivity contribution in [3.63, 3.8) is 0 Å². The summed E-state index contributed by atoms with van der Waals surface area (Å²) in [6.45, 7) is 1.75. The summed E-state index contributed by atoms with van der Waals surface area (Å²) in [5, 5.41) is 8.82. The van der Waals surface area contributed by atoms with Gasteiger partial charge in [0.2, 0.25) is 0 Å². The summed E-state index contributed by atoms with van der Waals surface area (Å²) < 4.78 is 10.1. The van der Waals surface area contributed by atoms with Crippen LogP contribution in [0.15, 0.2) is 18.2 Å². The van der Waals surface area contributed by atoms with Crippen LogP contribution in [-0.4, -0.2) is 48.5 Å². The van der Waals surface area contributed by atoms with Gasteiger partial charge in [-0.05, 0) is 25.1 Å². The van der Waals surface area contributed by atoms with Crippen LogP contribution in [0.5, 0.6) is 5.75 Å². The van der Waals surface area contributed by atoms with E-state index in [2.05, 4.69) is 0 Å². The maximum Gasteiger partial charge on any atom is 0.306 e. The van der Waals surface area contributed by atoms with Crippen LogP contribution in [0, 0.1) is 0 Å². The minimum absolute atomic E-state index is 0.00893. The number of hydrogen-bond donors (Lipinski definition) is 1. The predicted molar refractivity (Wildman–Crippen MR) is 86.7 cm³/mol. The lowest BCUT2D eigenvalue weighted by molar-refractivity contribution is -0.143. The Morgan fingerprint density at radius 1 is 1.24 bits per heavy atom. The molecule has 1 N–H and O–H groups in total. The van der Waals surface area contributed by atoms with Crippen molar-refractivity contribution in [2.45, 2.75) is 26.2 Å². The van der Waals surface area contributed by atoms with Crippen LogP contribution < -0.4 is 9.64 Å². The number of ketones is 1. The fraction of sp³-hybridized carbons (Fsp3) is 0.412. The van der Waals surface area contributed by atoms with Crippen molar-refractivity contribution in [1.29, 1.82) is 0 Å². The molecule has 134 valence electrons. The number of carboxylic acid groups (broad SMARTS) is 1. The molecule has 1 aromatic carbocycles. The van der Waals surface area contributed by atoms with Gasteiger partial charge in [0.25, 0.3) is 5.91 Å². The summed E-state index contributed by atoms with van der Waals surface area (Å²) in [5.74, 6) is -1.71. The van der Waals surface area contributed by atoms with Crippen molar-refractivity contribution in [3.05, 3.63) is 23.8 Å². The molecule has 0 saturated heterocycles. The van der Waals surface area contributed by atoms with Crippen molar-refractivity contribution in [2.75, 3.05) is 24.7 Å². The molecule has 0 fully saturated rings. The second-order valence-electron chi connectivity index (χ2n) is 5.39. The molecule has 8 heteroatoms. The molecule has 1 heterocycles. The lowest BCUT2D eigenvalue weighted by atomic mass is 10.0. The number of ether oxygens (including phenoxy) is 2. The lowest BCUT2D eigenvalue weighted by Gasteiger charge is -2.29. The predicted octanol–water partition coefficient (Wildman–Crippen LogP) is 1.41. The number of carbonyl (C=O) groups excluding carboxylic acids is 3. The van der Waals surface area contributed by atoms with E-state index in [9.17, 15) is 19.2 Å². The molecule has 0 saturated carbocycles. The van der Waals surface area contributed by atoms with E-state index in [1.54, 1.807) is 19.1 Å². The van der Waals surface area contributed by atoms with Gasteiger partial charge in [0.1, 0.15) is 5.75 Å². The van der Waals surface area contributed by atoms with Crippen LogP contribution in [0.1, 0.15) is 36.5 Å². The van der Waals surface area contributed by atoms with Gasteiger partial charge in [-0.15, -0.1) is 0 Å². The molecule has 0 aliphatic carbocycles. The number of hydrogen-bond acceptors (Lipinski definition) is 6. The quantitative estimate of drug-likeness (QED) is 0.558. The first-order valence-corrected chi connectivity index (χ1v) is 7.90. The topological polar surface area (TPSA) is 110 Å². The van der Waals surface area contributed by atoms with Gasteiger partial charge in [-0.25, -0.2) is 0 Å². The molecule has 0 bridgehead atoms. The monoisotopic (exact) mass is 349 g/mol. The number of aliphatic carboxylic acids is 1. The Hall–Kier alpha value is -2.90. The largest absolute Gasteiger partial charge is 0.482 e. The smallest absolute Gasteiger partial charge is 0.306 e. The van der Waals surface area contributed by atoms with Gasteiger partial charge < -0.3 is 19.5 Å². The van der Waals surface area contributed by atoms with Crippen LogP contribution in [0.4, 0.5) is 5.69 Å². The molecule has 1 aromatic rings. The van der Waals surface area contributed by atoms with Gasteiger partial charge in [0, 0.05) is 18.5 Å². The molecule has 0 unspecified atom stereocenters. The maximum atomic E-state index is 12.2. The third-order valence-corrected chi connectivity index (χ3v) is 3.63. The minimum Gasteiger partial charge on any atom is -0.482 e. The molecule has 0 spiro atoms. The average molecular weight is 349 g/mol. The van der Waals surface area contributed by atoms with E-state index in [-0.39, 0.29) is 50.7 Å². The van der Waals surface area contributed by atoms with E-state index in [4.69, 9.17) is 14.6 Å². The molecule has 1 aliphatic heterocycles. The summed E-state index contributed by atoms with van der Waals surface area (Å²) in [7, 11) is 0. The van der Waals surface area contributed by atoms with E-state index >= 15 is 0 Å². The van der Waals surface area contributed by atoms with Crippen LogP contribution in [0.25, 0.3) is 0 Å². The van der Waals surface area contributed by atoms with E-state index in [0.29, 0.717) is 17.0 Å². The number of rotatable bonds is 8. The fourth-order valence-electron chi connectivity index (χ4n) is 2.42. The van der Waals surface area contributed by atoms with Gasteiger partial charge in [0.05, 0.1) is 25.1 Å². The van der Waals surface area contributed by atoms with Crippen molar-refractivity contribution < 1.29 is 33.8 Å². The number of esters is 1. The average Bonchev–Trinajstić information content (AvgIpc) is 2.58. The molecule has 2 rings (SSSR count). The molecule has 0 radical (unpaired) electrons. The zero-order chi connectivity index (χ0) is 18.4. The summed E-state index contributed by atoms with van der Waals surface area (Å²) in [5.41, 5.74) is 0.682. The number of carboxylic acids is 1. The third-order valence-electron chi connectivity index (χ3n) is 3.63. The van der Waals surface area contributed by atoms with Crippen LogP contribution in [0.3, 0.4) is 0 Å². The van der Waals surface area contributed by atoms with Crippen molar-refractivity contribution in [2.24, 2.45) is 0 Å². The van der Waals surface area contributed by atoms with Crippen LogP contribution in [-0.2, 0) is 19.1 Å². The number of benzene rings is 1. The lowest BCUT2D eigenvalue weighted by Crippen LogP contribution is -2.40. The zero-order valence-corrected chi connectivity index (χ0v) is 13.8. The van der Waals surface area contributed by atoms with Crippen molar-refractivity contribution in [1.82, 2.24) is 0 Å². The van der Waals surface area contributed by atoms with Gasteiger partial charge in [0.15, 0.2) is 12.4 Å². The first-order chi connectivity index (χ1) is 11.9. The Morgan fingerprint density at radius 2 is 2.00 bits per heavy atom. The molecule has 8 nitrogen and oxygen atoms in total. The molecule has 1 amide bonds. The Labute approximate surface area is 144 Å². The maximum absolute atomic E-state index is 12.2. The first-order valence-electron chi connectivity index (χ1n) is 7.90. The summed E-state index contributed by atoms with van der Waals surface area (Å²) in [6, 6.07) is 4.60. The highest BCUT2D eigenvalue weighted by Crippen LogP contribution is 2.33. The van der Waals surface area contributed by atoms with Gasteiger partial charge in [-0.2, -0.15) is 0 Å². The van der Waals surface area contributed by atoms with Gasteiger partial charge in [-0.3, -0.25) is 19.2 Å². The van der Waals surface area contributed by atoms with Crippen LogP contribution >= 0.6 is 0 Å². The standard InChI is InChI=1S/C17H19NO7/c1-2-24-17(23)6-4-13(19)11-3-5-14-12(9-11)18(8-7-16(21)22)15(20)10-25-14/h3,5,9H,2,4,6-8,10H2,1H3,(H,21,22). The molecule has 1 aliphatic rings. The molecule has 0 atom stereocenters. The molecular weight excluding hydrogens is 330 g/mol. The van der Waals surface area contributed by atoms with E-state index < -0.39 is 11.9 Å². The van der Waals surface area contributed by atoms with Crippen LogP contribution in [0.2, 0.25) is 0 Å². The van der Waals surface area contributed by atoms with E-state index in [1.807, 2.05) is 0 Å². The summed E-state index contributed by atoms with van der Waals surface area (Å²) >= 11 is 0. The number of nitrogens with zero attached hydrogens (tertiary/aromatic N) is 1. The number of carbonyl (C=O) groups is 4. The van der Waals surface area contributed by atoms with Gasteiger partial charge >= 0.3 is 11.9 Å². The Morgan fingerprint density at radius 3 is 2.68 bits per heavy atom. The van der Waals surface area contributed by atoms with E-state index in [0.717, 1.165) is 0 Å². The van der Waals surface area contributed by atoms with Gasteiger partial charge in [-0.1, -0.05) is 0 Å². The van der Waals surface area contributed by atoms with Crippen molar-refractivity contribution >= 4 is 29.3 Å². The summed E-state index contributed by atoms with van der Waals surface area (Å²) in [4.78, 5) is 47.7. The molecular formula is C17H19NO7. The highest BCUT2D eigenvalue weighted by atomic mass is 16.5. The highest BCUT2D eigenvalue weighted by molar-refractivity contribution is 6.02. The normalized spacial score (nSPS) is 13.0. The number of anilines is 1. The van der Waals surface area contributed by atoms with Crippen molar-refractivity contribution in [3.8, 4) is 5.75 Å². The SMILES string of the molecule is CCOC(=O)CCC(=O)c1ccc2c(c1)N(CCC(=O)O)C(=O)CO2. The highest BCUT2D eigenvalue weighted by Gasteiger charge is 2.27. The Bertz CT molecular complexity index is 698. The number of Topliss-reactive ketones (excluding diaryl/α,β-unsaturated/α-hetero) is 1. The third kappa shape index (κ3) is 4.79. The minimum atomic E-state index is -1.03. The second kappa shape index (κ2) is 8.27. The number of fused-ring (bicyclic) bond motifs is 1.